The van der Waals surface area contributed by atoms with Crippen LogP contribution in [0.2, 0.25) is 0 Å². The topological polar surface area (TPSA) is 50.2 Å². The van der Waals surface area contributed by atoms with Crippen molar-refractivity contribution < 1.29 is 9.90 Å². The van der Waals surface area contributed by atoms with Crippen molar-refractivity contribution in [3.8, 4) is 0 Å². The lowest BCUT2D eigenvalue weighted by Crippen LogP contribution is -2.20. The van der Waals surface area contributed by atoms with Crippen LogP contribution in [0.5, 0.6) is 0 Å². The largest absolute Gasteiger partial charge is 0.476 e. The van der Waals surface area contributed by atoms with Gasteiger partial charge in [-0.05, 0) is 23.5 Å². The minimum Gasteiger partial charge on any atom is -0.476 e. The van der Waals surface area contributed by atoms with Gasteiger partial charge in [0.05, 0.1) is 5.01 Å². The molecule has 4 heteroatoms. The van der Waals surface area contributed by atoms with Gasteiger partial charge in [-0.1, -0.05) is 52.0 Å². The number of nitrogens with zero attached hydrogens (tertiary/aromatic N) is 1. The van der Waals surface area contributed by atoms with Gasteiger partial charge in [-0.15, -0.1) is 11.3 Å². The Morgan fingerprint density at radius 1 is 1.29 bits per heavy atom. The molecule has 0 aliphatic rings. The van der Waals surface area contributed by atoms with Gasteiger partial charge in [-0.25, -0.2) is 9.78 Å². The summed E-state index contributed by atoms with van der Waals surface area (Å²) in [5, 5.41) is 11.5. The molecule has 2 aromatic rings. The molecule has 0 fully saturated rings. The maximum absolute atomic E-state index is 10.9. The number of carboxylic acid groups (broad SMARTS) is 1. The predicted molar refractivity (Wildman–Crippen MR) is 86.3 cm³/mol. The number of carboxylic acids is 1. The van der Waals surface area contributed by atoms with Crippen LogP contribution in [0.4, 0.5) is 0 Å². The van der Waals surface area contributed by atoms with E-state index in [-0.39, 0.29) is 11.1 Å². The van der Waals surface area contributed by atoms with E-state index in [0.717, 1.165) is 11.4 Å². The molecule has 21 heavy (non-hydrogen) atoms. The van der Waals surface area contributed by atoms with E-state index in [1.165, 1.54) is 22.5 Å². The van der Waals surface area contributed by atoms with E-state index in [0.29, 0.717) is 5.92 Å². The summed E-state index contributed by atoms with van der Waals surface area (Å²) in [6, 6.07) is 8.65. The normalized spacial score (nSPS) is 11.9. The molecule has 2 rings (SSSR count). The molecule has 0 unspecified atom stereocenters. The number of aromatic carboxylic acids is 1. The smallest absolute Gasteiger partial charge is 0.355 e. The number of thiazole rings is 1. The number of carbonyl (C=O) groups is 1. The molecule has 1 heterocycles. The summed E-state index contributed by atoms with van der Waals surface area (Å²) < 4.78 is 0. The van der Waals surface area contributed by atoms with Gasteiger partial charge in [-0.2, -0.15) is 0 Å². The van der Waals surface area contributed by atoms with E-state index < -0.39 is 5.97 Å². The second-order valence-corrected chi connectivity index (χ2v) is 7.16. The number of benzene rings is 1. The summed E-state index contributed by atoms with van der Waals surface area (Å²) >= 11 is 1.42. The highest BCUT2D eigenvalue weighted by molar-refractivity contribution is 7.10. The Kier molecular flexibility index (Phi) is 4.47. The van der Waals surface area contributed by atoms with E-state index >= 15 is 0 Å². The van der Waals surface area contributed by atoms with Gasteiger partial charge in [0.2, 0.25) is 0 Å². The Labute approximate surface area is 129 Å². The fourth-order valence-corrected chi connectivity index (χ4v) is 3.21. The van der Waals surface area contributed by atoms with Crippen molar-refractivity contribution in [2.45, 2.75) is 45.4 Å². The number of hydrogen-bond acceptors (Lipinski definition) is 3. The minimum absolute atomic E-state index is 0.137. The predicted octanol–water partition coefficient (Wildman–Crippen LogP) is 4.49. The summed E-state index contributed by atoms with van der Waals surface area (Å²) in [4.78, 5) is 15.2. The summed E-state index contributed by atoms with van der Waals surface area (Å²) in [7, 11) is 0. The van der Waals surface area contributed by atoms with Gasteiger partial charge in [0.1, 0.15) is 0 Å². The van der Waals surface area contributed by atoms with Crippen molar-refractivity contribution in [3.63, 3.8) is 0 Å². The first-order valence-electron chi connectivity index (χ1n) is 7.08. The van der Waals surface area contributed by atoms with E-state index in [2.05, 4.69) is 56.9 Å². The fraction of sp³-hybridized carbons (Fsp3) is 0.412. The average molecular weight is 303 g/mol. The molecule has 0 aliphatic heterocycles. The maximum Gasteiger partial charge on any atom is 0.355 e. The number of aromatic nitrogens is 1. The molecular formula is C17H21NO2S. The number of rotatable bonds is 5. The number of hydrogen-bond donors (Lipinski definition) is 1. The third-order valence-corrected chi connectivity index (χ3v) is 4.80. The molecule has 0 spiro atoms. The highest BCUT2D eigenvalue weighted by Gasteiger charge is 2.26. The van der Waals surface area contributed by atoms with Gasteiger partial charge < -0.3 is 5.11 Å². The van der Waals surface area contributed by atoms with E-state index in [1.54, 1.807) is 5.38 Å². The van der Waals surface area contributed by atoms with Crippen molar-refractivity contribution in [2.75, 3.05) is 0 Å². The Balaban J connectivity index is 2.17. The summed E-state index contributed by atoms with van der Waals surface area (Å²) in [6.07, 6.45) is 0.845. The summed E-state index contributed by atoms with van der Waals surface area (Å²) in [5.41, 5.74) is 2.55. The quantitative estimate of drug-likeness (QED) is 0.885. The van der Waals surface area contributed by atoms with Crippen LogP contribution >= 0.6 is 11.3 Å². The second kappa shape index (κ2) is 5.98. The first-order chi connectivity index (χ1) is 9.79. The summed E-state index contributed by atoms with van der Waals surface area (Å²) in [5.74, 6) is -0.432. The third-order valence-electron chi connectivity index (χ3n) is 3.59. The molecule has 0 saturated carbocycles. The Hall–Kier alpha value is -1.68. The van der Waals surface area contributed by atoms with Gasteiger partial charge in [-0.3, -0.25) is 0 Å². The summed E-state index contributed by atoms with van der Waals surface area (Å²) in [6.45, 7) is 8.57. The first kappa shape index (κ1) is 15.7. The molecule has 1 aromatic heterocycles. The average Bonchev–Trinajstić information content (AvgIpc) is 2.89. The van der Waals surface area contributed by atoms with Crippen LogP contribution in [-0.4, -0.2) is 16.1 Å². The standard InChI is InChI=1S/C17H21NO2S/c1-11(2)13-7-5-12(6-8-13)9-17(3,4)16-18-14(10-21-16)15(19)20/h5-8,10-11H,9H2,1-4H3,(H,19,20). The fourth-order valence-electron chi connectivity index (χ4n) is 2.29. The van der Waals surface area contributed by atoms with Crippen LogP contribution in [0.15, 0.2) is 29.6 Å². The zero-order valence-electron chi connectivity index (χ0n) is 12.9. The molecular weight excluding hydrogens is 282 g/mol. The van der Waals surface area contributed by atoms with Crippen molar-refractivity contribution in [1.82, 2.24) is 4.98 Å². The van der Waals surface area contributed by atoms with E-state index in [4.69, 9.17) is 5.11 Å². The monoisotopic (exact) mass is 303 g/mol. The molecule has 0 amide bonds. The lowest BCUT2D eigenvalue weighted by molar-refractivity contribution is 0.0691. The molecule has 0 atom stereocenters. The molecule has 112 valence electrons. The van der Waals surface area contributed by atoms with Gasteiger partial charge in [0.15, 0.2) is 5.69 Å². The Bertz CT molecular complexity index is 626. The van der Waals surface area contributed by atoms with E-state index in [9.17, 15) is 4.79 Å². The molecule has 0 radical (unpaired) electrons. The second-order valence-electron chi connectivity index (χ2n) is 6.30. The van der Waals surface area contributed by atoms with Crippen LogP contribution < -0.4 is 0 Å². The SMILES string of the molecule is CC(C)c1ccc(CC(C)(C)c2nc(C(=O)O)cs2)cc1. The van der Waals surface area contributed by atoms with E-state index in [1.807, 2.05) is 0 Å². The van der Waals surface area contributed by atoms with Crippen molar-refractivity contribution >= 4 is 17.3 Å². The molecule has 0 saturated heterocycles. The highest BCUT2D eigenvalue weighted by atomic mass is 32.1. The van der Waals surface area contributed by atoms with Crippen LogP contribution in [-0.2, 0) is 11.8 Å². The molecule has 1 N–H and O–H groups in total. The minimum atomic E-state index is -0.963. The lowest BCUT2D eigenvalue weighted by Gasteiger charge is -2.22. The first-order valence-corrected chi connectivity index (χ1v) is 7.95. The van der Waals surface area contributed by atoms with Crippen LogP contribution in [0.1, 0.15) is 60.2 Å². The van der Waals surface area contributed by atoms with Crippen LogP contribution in [0.25, 0.3) is 0 Å². The van der Waals surface area contributed by atoms with Crippen molar-refractivity contribution in [3.05, 3.63) is 51.5 Å². The van der Waals surface area contributed by atoms with Crippen molar-refractivity contribution in [1.29, 1.82) is 0 Å². The Morgan fingerprint density at radius 3 is 2.38 bits per heavy atom. The highest BCUT2D eigenvalue weighted by Crippen LogP contribution is 2.30. The van der Waals surface area contributed by atoms with Crippen LogP contribution in [0, 0.1) is 0 Å². The molecule has 0 bridgehead atoms. The zero-order chi connectivity index (χ0) is 15.6. The Morgan fingerprint density at radius 2 is 1.90 bits per heavy atom. The molecule has 3 nitrogen and oxygen atoms in total. The third kappa shape index (κ3) is 3.70. The zero-order valence-corrected chi connectivity index (χ0v) is 13.7. The van der Waals surface area contributed by atoms with Gasteiger partial charge in [0.25, 0.3) is 0 Å². The van der Waals surface area contributed by atoms with Crippen molar-refractivity contribution in [2.24, 2.45) is 0 Å². The van der Waals surface area contributed by atoms with Crippen LogP contribution in [0.3, 0.4) is 0 Å². The lowest BCUT2D eigenvalue weighted by atomic mass is 9.86. The van der Waals surface area contributed by atoms with Gasteiger partial charge >= 0.3 is 5.97 Å². The maximum atomic E-state index is 10.9. The van der Waals surface area contributed by atoms with Gasteiger partial charge in [0, 0.05) is 10.8 Å². The molecule has 0 aliphatic carbocycles. The molecule has 1 aromatic carbocycles.